The first-order valence-electron chi connectivity index (χ1n) is 10.3. The van der Waals surface area contributed by atoms with Gasteiger partial charge in [-0.05, 0) is 66.6 Å². The molecule has 0 unspecified atom stereocenters. The number of nitrogens with one attached hydrogen (secondary N) is 1. The van der Waals surface area contributed by atoms with Crippen molar-refractivity contribution in [3.05, 3.63) is 88.8 Å². The van der Waals surface area contributed by atoms with Crippen molar-refractivity contribution < 1.29 is 13.9 Å². The Bertz CT molecular complexity index is 1170. The van der Waals surface area contributed by atoms with Gasteiger partial charge in [-0.25, -0.2) is 4.98 Å². The molecule has 1 aromatic heterocycles. The molecule has 4 rings (SSSR count). The molecule has 0 saturated heterocycles. The molecule has 158 valence electrons. The molecule has 0 radical (unpaired) electrons. The van der Waals surface area contributed by atoms with E-state index in [2.05, 4.69) is 17.2 Å². The largest absolute Gasteiger partial charge is 0.494 e. The number of nitrogens with zero attached hydrogens (tertiary/aromatic N) is 1. The van der Waals surface area contributed by atoms with E-state index in [1.54, 1.807) is 24.3 Å². The van der Waals surface area contributed by atoms with Crippen LogP contribution in [0.5, 0.6) is 5.75 Å². The topological polar surface area (TPSA) is 64.4 Å². The average molecular weight is 435 g/mol. The van der Waals surface area contributed by atoms with Gasteiger partial charge in [0.05, 0.1) is 6.61 Å². The second-order valence-corrected chi connectivity index (χ2v) is 7.71. The Morgan fingerprint density at radius 3 is 2.58 bits per heavy atom. The molecule has 0 aliphatic rings. The van der Waals surface area contributed by atoms with Gasteiger partial charge in [-0.3, -0.25) is 4.79 Å². The van der Waals surface area contributed by atoms with Crippen LogP contribution in [0.25, 0.3) is 11.1 Å². The van der Waals surface area contributed by atoms with Crippen LogP contribution in [-0.4, -0.2) is 17.5 Å². The maximum Gasteiger partial charge on any atom is 0.255 e. The fourth-order valence-electron chi connectivity index (χ4n) is 3.14. The van der Waals surface area contributed by atoms with Crippen molar-refractivity contribution in [2.24, 2.45) is 0 Å². The molecule has 0 saturated carbocycles. The Morgan fingerprint density at radius 2 is 1.84 bits per heavy atom. The van der Waals surface area contributed by atoms with Gasteiger partial charge < -0.3 is 14.5 Å². The van der Waals surface area contributed by atoms with Crippen LogP contribution in [0, 0.1) is 0 Å². The molecule has 31 heavy (non-hydrogen) atoms. The van der Waals surface area contributed by atoms with Gasteiger partial charge in [-0.15, -0.1) is 0 Å². The van der Waals surface area contributed by atoms with Gasteiger partial charge in [0, 0.05) is 22.7 Å². The van der Waals surface area contributed by atoms with E-state index in [0.717, 1.165) is 35.4 Å². The van der Waals surface area contributed by atoms with Crippen LogP contribution >= 0.6 is 11.6 Å². The van der Waals surface area contributed by atoms with Crippen LogP contribution in [0.15, 0.2) is 71.1 Å². The smallest absolute Gasteiger partial charge is 0.255 e. The lowest BCUT2D eigenvalue weighted by molar-refractivity contribution is 0.102. The summed E-state index contributed by atoms with van der Waals surface area (Å²) in [7, 11) is 0. The summed E-state index contributed by atoms with van der Waals surface area (Å²) in [5, 5.41) is 3.55. The lowest BCUT2D eigenvalue weighted by Crippen LogP contribution is -2.11. The Morgan fingerprint density at radius 1 is 1.06 bits per heavy atom. The highest BCUT2D eigenvalue weighted by atomic mass is 35.5. The summed E-state index contributed by atoms with van der Waals surface area (Å²) in [6.45, 7) is 2.81. The SMILES string of the molecule is CCCCOc1ccc(C(=O)Nc2ccc(Cc3nc4cc(Cl)ccc4o3)cc2)cc1. The van der Waals surface area contributed by atoms with E-state index >= 15 is 0 Å². The third-order valence-corrected chi connectivity index (χ3v) is 5.08. The second kappa shape index (κ2) is 9.67. The molecular formula is C25H23ClN2O3. The number of carbonyl (C=O) groups excluding carboxylic acids is 1. The number of ether oxygens (including phenoxy) is 1. The molecule has 1 heterocycles. The number of carbonyl (C=O) groups is 1. The van der Waals surface area contributed by atoms with E-state index in [4.69, 9.17) is 20.8 Å². The third-order valence-electron chi connectivity index (χ3n) is 4.84. The highest BCUT2D eigenvalue weighted by Crippen LogP contribution is 2.22. The monoisotopic (exact) mass is 434 g/mol. The summed E-state index contributed by atoms with van der Waals surface area (Å²) >= 11 is 6.00. The number of aromatic nitrogens is 1. The van der Waals surface area contributed by atoms with Gasteiger partial charge in [0.2, 0.25) is 0 Å². The molecule has 0 bridgehead atoms. The summed E-state index contributed by atoms with van der Waals surface area (Å²) in [6, 6.07) is 20.2. The molecule has 3 aromatic carbocycles. The molecule has 5 nitrogen and oxygen atoms in total. The van der Waals surface area contributed by atoms with Gasteiger partial charge in [0.25, 0.3) is 5.91 Å². The van der Waals surface area contributed by atoms with Crippen LogP contribution in [-0.2, 0) is 6.42 Å². The standard InChI is InChI=1S/C25H23ClN2O3/c1-2-3-14-30-21-11-6-18(7-12-21)25(29)27-20-9-4-17(5-10-20)15-24-28-22-16-19(26)8-13-23(22)31-24/h4-13,16H,2-3,14-15H2,1H3,(H,27,29). The van der Waals surface area contributed by atoms with Crippen LogP contribution in [0.4, 0.5) is 5.69 Å². The molecule has 0 fully saturated rings. The maximum atomic E-state index is 12.5. The molecule has 0 spiro atoms. The molecule has 1 amide bonds. The quantitative estimate of drug-likeness (QED) is 0.321. The summed E-state index contributed by atoms with van der Waals surface area (Å²) in [5.74, 6) is 1.23. The van der Waals surface area contributed by atoms with E-state index in [1.807, 2.05) is 42.5 Å². The number of rotatable bonds is 8. The van der Waals surface area contributed by atoms with Crippen molar-refractivity contribution in [3.63, 3.8) is 0 Å². The number of halogens is 1. The van der Waals surface area contributed by atoms with Gasteiger partial charge in [0.1, 0.15) is 11.3 Å². The van der Waals surface area contributed by atoms with Crippen LogP contribution in [0.2, 0.25) is 5.02 Å². The minimum atomic E-state index is -0.163. The molecule has 6 heteroatoms. The number of oxazole rings is 1. The van der Waals surface area contributed by atoms with Crippen molar-refractivity contribution in [2.45, 2.75) is 26.2 Å². The van der Waals surface area contributed by atoms with Crippen molar-refractivity contribution in [2.75, 3.05) is 11.9 Å². The summed E-state index contributed by atoms with van der Waals surface area (Å²) in [4.78, 5) is 17.0. The predicted molar refractivity (Wildman–Crippen MR) is 123 cm³/mol. The van der Waals surface area contributed by atoms with Crippen molar-refractivity contribution in [3.8, 4) is 5.75 Å². The first-order chi connectivity index (χ1) is 15.1. The Hall–Kier alpha value is -3.31. The van der Waals surface area contributed by atoms with Gasteiger partial charge in [-0.2, -0.15) is 0 Å². The van der Waals surface area contributed by atoms with E-state index in [1.165, 1.54) is 0 Å². The zero-order chi connectivity index (χ0) is 21.6. The lowest BCUT2D eigenvalue weighted by Gasteiger charge is -2.08. The summed E-state index contributed by atoms with van der Waals surface area (Å²) in [5.41, 5.74) is 3.79. The Labute approximate surface area is 186 Å². The molecule has 0 atom stereocenters. The number of fused-ring (bicyclic) bond motifs is 1. The van der Waals surface area contributed by atoms with Crippen molar-refractivity contribution in [1.29, 1.82) is 0 Å². The number of hydrogen-bond donors (Lipinski definition) is 1. The van der Waals surface area contributed by atoms with E-state index in [9.17, 15) is 4.79 Å². The number of amides is 1. The molecule has 1 N–H and O–H groups in total. The van der Waals surface area contributed by atoms with Crippen LogP contribution in [0.3, 0.4) is 0 Å². The van der Waals surface area contributed by atoms with Gasteiger partial charge >= 0.3 is 0 Å². The number of anilines is 1. The highest BCUT2D eigenvalue weighted by molar-refractivity contribution is 6.31. The zero-order valence-electron chi connectivity index (χ0n) is 17.2. The van der Waals surface area contributed by atoms with E-state index in [-0.39, 0.29) is 5.91 Å². The number of hydrogen-bond acceptors (Lipinski definition) is 4. The van der Waals surface area contributed by atoms with Crippen LogP contribution < -0.4 is 10.1 Å². The minimum absolute atomic E-state index is 0.163. The normalized spacial score (nSPS) is 10.9. The van der Waals surface area contributed by atoms with Gasteiger partial charge in [0.15, 0.2) is 11.5 Å². The average Bonchev–Trinajstić information content (AvgIpc) is 3.17. The van der Waals surface area contributed by atoms with E-state index < -0.39 is 0 Å². The van der Waals surface area contributed by atoms with Crippen molar-refractivity contribution >= 4 is 34.3 Å². The predicted octanol–water partition coefficient (Wildman–Crippen LogP) is 6.50. The summed E-state index contributed by atoms with van der Waals surface area (Å²) < 4.78 is 11.4. The maximum absolute atomic E-state index is 12.5. The minimum Gasteiger partial charge on any atom is -0.494 e. The second-order valence-electron chi connectivity index (χ2n) is 7.27. The molecule has 0 aliphatic carbocycles. The first kappa shape index (κ1) is 20.9. The van der Waals surface area contributed by atoms with Gasteiger partial charge in [-0.1, -0.05) is 37.1 Å². The Balaban J connectivity index is 1.35. The van der Waals surface area contributed by atoms with Crippen molar-refractivity contribution in [1.82, 2.24) is 4.98 Å². The molecule has 0 aliphatic heterocycles. The lowest BCUT2D eigenvalue weighted by atomic mass is 10.1. The fraction of sp³-hybridized carbons (Fsp3) is 0.200. The molecule has 4 aromatic rings. The molecular weight excluding hydrogens is 412 g/mol. The fourth-order valence-corrected chi connectivity index (χ4v) is 3.31. The Kier molecular flexibility index (Phi) is 6.53. The number of benzene rings is 3. The first-order valence-corrected chi connectivity index (χ1v) is 10.7. The van der Waals surface area contributed by atoms with Crippen LogP contribution in [0.1, 0.15) is 41.6 Å². The number of unbranched alkanes of at least 4 members (excludes halogenated alkanes) is 1. The summed E-state index contributed by atoms with van der Waals surface area (Å²) in [6.07, 6.45) is 2.65. The highest BCUT2D eigenvalue weighted by Gasteiger charge is 2.09. The third kappa shape index (κ3) is 5.44. The van der Waals surface area contributed by atoms with E-state index in [0.29, 0.717) is 35.1 Å². The zero-order valence-corrected chi connectivity index (χ0v) is 18.0.